The Balaban J connectivity index is 2.81. The second-order valence-corrected chi connectivity index (χ2v) is 2.71. The van der Waals surface area contributed by atoms with Crippen LogP contribution in [0.1, 0.15) is 12.0 Å². The molecule has 0 spiro atoms. The second kappa shape index (κ2) is 4.42. The highest BCUT2D eigenvalue weighted by molar-refractivity contribution is 5.41. The third-order valence-corrected chi connectivity index (χ3v) is 1.80. The van der Waals surface area contributed by atoms with Gasteiger partial charge in [-0.15, -0.1) is 12.3 Å². The minimum absolute atomic E-state index is 0.159. The molecule has 0 amide bonds. The fourth-order valence-corrected chi connectivity index (χ4v) is 1.09. The summed E-state index contributed by atoms with van der Waals surface area (Å²) < 4.78 is 4.96. The zero-order valence-corrected chi connectivity index (χ0v) is 7.58. The van der Waals surface area contributed by atoms with Gasteiger partial charge in [-0.3, -0.25) is 0 Å². The molecular weight excluding hydrogens is 164 g/mol. The Morgan fingerprint density at radius 3 is 2.92 bits per heavy atom. The van der Waals surface area contributed by atoms with Crippen LogP contribution >= 0.6 is 0 Å². The first-order valence-electron chi connectivity index (χ1n) is 4.07. The predicted molar refractivity (Wildman–Crippen MR) is 51.8 cm³/mol. The van der Waals surface area contributed by atoms with Gasteiger partial charge in [-0.25, -0.2) is 0 Å². The van der Waals surface area contributed by atoms with Gasteiger partial charge >= 0.3 is 0 Å². The standard InChI is InChI=1S/C11H12O2/c1-3-4-5-9-6-7-10(12)11(8-9)13-2/h1,6-8,12H,4-5H2,2H3. The Labute approximate surface area is 78.2 Å². The molecule has 0 atom stereocenters. The van der Waals surface area contributed by atoms with Gasteiger partial charge in [0, 0.05) is 6.42 Å². The molecule has 2 nitrogen and oxygen atoms in total. The lowest BCUT2D eigenvalue weighted by Crippen LogP contribution is -1.88. The van der Waals surface area contributed by atoms with Crippen LogP contribution in [0.25, 0.3) is 0 Å². The normalized spacial score (nSPS) is 9.23. The van der Waals surface area contributed by atoms with E-state index in [1.807, 2.05) is 6.07 Å². The summed E-state index contributed by atoms with van der Waals surface area (Å²) in [4.78, 5) is 0. The van der Waals surface area contributed by atoms with Crippen molar-refractivity contribution >= 4 is 0 Å². The minimum Gasteiger partial charge on any atom is -0.504 e. The molecule has 0 aliphatic heterocycles. The van der Waals surface area contributed by atoms with Gasteiger partial charge in [0.25, 0.3) is 0 Å². The maximum absolute atomic E-state index is 9.30. The Bertz CT molecular complexity index is 323. The lowest BCUT2D eigenvalue weighted by molar-refractivity contribution is 0.373. The van der Waals surface area contributed by atoms with Crippen molar-refractivity contribution in [2.24, 2.45) is 0 Å². The first-order chi connectivity index (χ1) is 6.27. The van der Waals surface area contributed by atoms with E-state index in [2.05, 4.69) is 5.92 Å². The van der Waals surface area contributed by atoms with E-state index in [9.17, 15) is 5.11 Å². The number of methoxy groups -OCH3 is 1. The monoisotopic (exact) mass is 176 g/mol. The van der Waals surface area contributed by atoms with Crippen molar-refractivity contribution in [3.05, 3.63) is 23.8 Å². The van der Waals surface area contributed by atoms with Gasteiger partial charge in [-0.1, -0.05) is 6.07 Å². The Hall–Kier alpha value is -1.62. The molecular formula is C11H12O2. The summed E-state index contributed by atoms with van der Waals surface area (Å²) in [5.74, 6) is 3.22. The topological polar surface area (TPSA) is 29.5 Å². The number of hydrogen-bond acceptors (Lipinski definition) is 2. The molecule has 0 aliphatic carbocycles. The van der Waals surface area contributed by atoms with E-state index in [0.29, 0.717) is 12.2 Å². The molecule has 0 unspecified atom stereocenters. The predicted octanol–water partition coefficient (Wildman–Crippen LogP) is 1.97. The second-order valence-electron chi connectivity index (χ2n) is 2.71. The average Bonchev–Trinajstić information content (AvgIpc) is 2.16. The number of aromatic hydroxyl groups is 1. The number of phenols is 1. The van der Waals surface area contributed by atoms with Crippen molar-refractivity contribution in [2.45, 2.75) is 12.8 Å². The number of phenolic OH excluding ortho intramolecular Hbond substituents is 1. The van der Waals surface area contributed by atoms with Crippen LogP contribution in [-0.2, 0) is 6.42 Å². The van der Waals surface area contributed by atoms with E-state index >= 15 is 0 Å². The summed E-state index contributed by atoms with van der Waals surface area (Å²) >= 11 is 0. The van der Waals surface area contributed by atoms with Crippen molar-refractivity contribution in [3.8, 4) is 23.8 Å². The van der Waals surface area contributed by atoms with Gasteiger partial charge in [0.1, 0.15) is 0 Å². The number of rotatable bonds is 3. The first-order valence-corrected chi connectivity index (χ1v) is 4.07. The average molecular weight is 176 g/mol. The lowest BCUT2D eigenvalue weighted by atomic mass is 10.1. The van der Waals surface area contributed by atoms with E-state index in [0.717, 1.165) is 12.0 Å². The van der Waals surface area contributed by atoms with Gasteiger partial charge in [-0.2, -0.15) is 0 Å². The van der Waals surface area contributed by atoms with Gasteiger partial charge in [0.05, 0.1) is 7.11 Å². The molecule has 0 radical (unpaired) electrons. The fourth-order valence-electron chi connectivity index (χ4n) is 1.09. The fraction of sp³-hybridized carbons (Fsp3) is 0.273. The van der Waals surface area contributed by atoms with Crippen LogP contribution in [0.5, 0.6) is 11.5 Å². The maximum Gasteiger partial charge on any atom is 0.160 e. The Morgan fingerprint density at radius 2 is 2.31 bits per heavy atom. The van der Waals surface area contributed by atoms with E-state index < -0.39 is 0 Å². The molecule has 1 aromatic carbocycles. The highest BCUT2D eigenvalue weighted by atomic mass is 16.5. The molecule has 0 aliphatic rings. The lowest BCUT2D eigenvalue weighted by Gasteiger charge is -2.04. The minimum atomic E-state index is 0.159. The molecule has 1 N–H and O–H groups in total. The van der Waals surface area contributed by atoms with Crippen molar-refractivity contribution in [3.63, 3.8) is 0 Å². The molecule has 0 heterocycles. The zero-order chi connectivity index (χ0) is 9.68. The maximum atomic E-state index is 9.30. The molecule has 0 bridgehead atoms. The van der Waals surface area contributed by atoms with Crippen molar-refractivity contribution < 1.29 is 9.84 Å². The van der Waals surface area contributed by atoms with Gasteiger partial charge in [0.15, 0.2) is 11.5 Å². The zero-order valence-electron chi connectivity index (χ0n) is 7.58. The van der Waals surface area contributed by atoms with Crippen LogP contribution in [-0.4, -0.2) is 12.2 Å². The largest absolute Gasteiger partial charge is 0.504 e. The van der Waals surface area contributed by atoms with Crippen LogP contribution in [0.4, 0.5) is 0 Å². The number of hydrogen-bond donors (Lipinski definition) is 1. The third-order valence-electron chi connectivity index (χ3n) is 1.80. The number of benzene rings is 1. The molecule has 1 rings (SSSR count). The summed E-state index contributed by atoms with van der Waals surface area (Å²) in [6.07, 6.45) is 6.66. The molecule has 1 aromatic rings. The van der Waals surface area contributed by atoms with Gasteiger partial charge in [-0.05, 0) is 24.1 Å². The summed E-state index contributed by atoms with van der Waals surface area (Å²) in [7, 11) is 1.53. The van der Waals surface area contributed by atoms with Crippen molar-refractivity contribution in [1.82, 2.24) is 0 Å². The quantitative estimate of drug-likeness (QED) is 0.713. The highest BCUT2D eigenvalue weighted by Gasteiger charge is 2.01. The van der Waals surface area contributed by atoms with Gasteiger partial charge < -0.3 is 9.84 Å². The Morgan fingerprint density at radius 1 is 1.54 bits per heavy atom. The van der Waals surface area contributed by atoms with Crippen molar-refractivity contribution in [2.75, 3.05) is 7.11 Å². The summed E-state index contributed by atoms with van der Waals surface area (Å²) in [6, 6.07) is 5.26. The molecule has 0 fully saturated rings. The first kappa shape index (κ1) is 9.47. The van der Waals surface area contributed by atoms with Crippen LogP contribution in [0.2, 0.25) is 0 Å². The highest BCUT2D eigenvalue weighted by Crippen LogP contribution is 2.26. The van der Waals surface area contributed by atoms with Gasteiger partial charge in [0.2, 0.25) is 0 Å². The number of terminal acetylenes is 1. The van der Waals surface area contributed by atoms with Crippen LogP contribution < -0.4 is 4.74 Å². The molecule has 13 heavy (non-hydrogen) atoms. The Kier molecular flexibility index (Phi) is 3.22. The van der Waals surface area contributed by atoms with Crippen LogP contribution in [0.15, 0.2) is 18.2 Å². The third kappa shape index (κ3) is 2.41. The summed E-state index contributed by atoms with van der Waals surface area (Å²) in [5.41, 5.74) is 1.08. The molecule has 0 saturated carbocycles. The molecule has 2 heteroatoms. The van der Waals surface area contributed by atoms with Crippen LogP contribution in [0.3, 0.4) is 0 Å². The van der Waals surface area contributed by atoms with E-state index in [1.54, 1.807) is 12.1 Å². The number of aryl methyl sites for hydroxylation is 1. The van der Waals surface area contributed by atoms with Crippen LogP contribution in [0, 0.1) is 12.3 Å². The SMILES string of the molecule is C#CCCc1ccc(O)c(OC)c1. The summed E-state index contributed by atoms with van der Waals surface area (Å²) in [6.45, 7) is 0. The molecule has 0 saturated heterocycles. The van der Waals surface area contributed by atoms with E-state index in [1.165, 1.54) is 7.11 Å². The van der Waals surface area contributed by atoms with Crippen molar-refractivity contribution in [1.29, 1.82) is 0 Å². The smallest absolute Gasteiger partial charge is 0.160 e. The van der Waals surface area contributed by atoms with E-state index in [-0.39, 0.29) is 5.75 Å². The number of ether oxygens (including phenoxy) is 1. The molecule has 68 valence electrons. The van der Waals surface area contributed by atoms with E-state index in [4.69, 9.17) is 11.2 Å². The summed E-state index contributed by atoms with van der Waals surface area (Å²) in [5, 5.41) is 9.30. The molecule has 0 aromatic heterocycles.